The van der Waals surface area contributed by atoms with Gasteiger partial charge in [-0.05, 0) is 68.3 Å². The standard InChI is InChI=1S/C29H31FN6O3/c1-15-7-8-31-12-20(15)19-9-17-10-22(34-27(37)24-16(2)23(24)18-11-33-36(6)14-18)32-13-21(17)26(25(19)30)35-28(38)39-29(3,4)5/h7-14,16,23-24H,1-6H3,(H,35,38)(H,32,34,37)/t16?,23-,24+/m1/s1. The van der Waals surface area contributed by atoms with Gasteiger partial charge in [0, 0.05) is 60.2 Å². The summed E-state index contributed by atoms with van der Waals surface area (Å²) in [6.07, 6.45) is 7.58. The van der Waals surface area contributed by atoms with E-state index in [1.54, 1.807) is 62.2 Å². The van der Waals surface area contributed by atoms with Gasteiger partial charge in [0.15, 0.2) is 5.82 Å². The summed E-state index contributed by atoms with van der Waals surface area (Å²) in [5, 5.41) is 10.7. The van der Waals surface area contributed by atoms with Crippen molar-refractivity contribution in [2.24, 2.45) is 18.9 Å². The molecule has 0 radical (unpaired) electrons. The SMILES string of the molecule is Cc1ccncc1-c1cc2cc(NC(=O)[C@H]3C(C)[C@@H]3c3cnn(C)c3)ncc2c(NC(=O)OC(C)(C)C)c1F. The molecule has 4 aromatic rings. The second-order valence-electron chi connectivity index (χ2n) is 11.1. The smallest absolute Gasteiger partial charge is 0.412 e. The van der Waals surface area contributed by atoms with Crippen LogP contribution in [0.3, 0.4) is 0 Å². The predicted octanol–water partition coefficient (Wildman–Crippen LogP) is 5.81. The third kappa shape index (κ3) is 5.32. The molecule has 1 saturated carbocycles. The molecular formula is C29H31FN6O3. The Morgan fingerprint density at radius 3 is 2.54 bits per heavy atom. The minimum atomic E-state index is -0.788. The molecule has 0 bridgehead atoms. The van der Waals surface area contributed by atoms with Crippen molar-refractivity contribution in [3.8, 4) is 11.1 Å². The molecule has 1 aliphatic carbocycles. The fraction of sp³-hybridized carbons (Fsp3) is 0.345. The number of amides is 2. The number of rotatable bonds is 5. The third-order valence-electron chi connectivity index (χ3n) is 6.96. The van der Waals surface area contributed by atoms with Crippen LogP contribution in [0.25, 0.3) is 21.9 Å². The van der Waals surface area contributed by atoms with Gasteiger partial charge in [0.2, 0.25) is 5.91 Å². The zero-order chi connectivity index (χ0) is 28.1. The van der Waals surface area contributed by atoms with E-state index in [-0.39, 0.29) is 34.9 Å². The number of halogens is 1. The van der Waals surface area contributed by atoms with Crippen LogP contribution in [0.4, 0.5) is 20.7 Å². The number of benzene rings is 1. The number of hydrogen-bond acceptors (Lipinski definition) is 6. The predicted molar refractivity (Wildman–Crippen MR) is 147 cm³/mol. The van der Waals surface area contributed by atoms with Crippen LogP contribution in [0.5, 0.6) is 0 Å². The Morgan fingerprint density at radius 1 is 1.10 bits per heavy atom. The maximum Gasteiger partial charge on any atom is 0.412 e. The van der Waals surface area contributed by atoms with E-state index in [4.69, 9.17) is 4.74 Å². The first-order valence-electron chi connectivity index (χ1n) is 12.8. The summed E-state index contributed by atoms with van der Waals surface area (Å²) in [4.78, 5) is 34.3. The van der Waals surface area contributed by atoms with E-state index < -0.39 is 17.5 Å². The number of anilines is 2. The highest BCUT2D eigenvalue weighted by molar-refractivity contribution is 6.05. The summed E-state index contributed by atoms with van der Waals surface area (Å²) in [5.41, 5.74) is 1.86. The number of nitrogens with zero attached hydrogens (tertiary/aromatic N) is 4. The average Bonchev–Trinajstić information content (AvgIpc) is 3.34. The lowest BCUT2D eigenvalue weighted by Gasteiger charge is -2.21. The maximum atomic E-state index is 15.9. The first-order valence-corrected chi connectivity index (χ1v) is 12.8. The molecule has 2 N–H and O–H groups in total. The minimum absolute atomic E-state index is 0.0576. The van der Waals surface area contributed by atoms with Crippen molar-refractivity contribution in [2.45, 2.75) is 46.1 Å². The summed E-state index contributed by atoms with van der Waals surface area (Å²) in [6, 6.07) is 5.13. The molecule has 3 atom stereocenters. The van der Waals surface area contributed by atoms with Gasteiger partial charge >= 0.3 is 6.09 Å². The monoisotopic (exact) mass is 530 g/mol. The van der Waals surface area contributed by atoms with Gasteiger partial charge in [-0.25, -0.2) is 14.2 Å². The molecule has 0 saturated heterocycles. The van der Waals surface area contributed by atoms with Crippen molar-refractivity contribution < 1.29 is 18.7 Å². The highest BCUT2D eigenvalue weighted by atomic mass is 19.1. The minimum Gasteiger partial charge on any atom is -0.444 e. The summed E-state index contributed by atoms with van der Waals surface area (Å²) < 4.78 is 23.0. The first kappa shape index (κ1) is 26.3. The molecular weight excluding hydrogens is 499 g/mol. The van der Waals surface area contributed by atoms with Crippen molar-refractivity contribution in [2.75, 3.05) is 10.6 Å². The maximum absolute atomic E-state index is 15.9. The van der Waals surface area contributed by atoms with Crippen LogP contribution in [-0.2, 0) is 16.6 Å². The highest BCUT2D eigenvalue weighted by Crippen LogP contribution is 2.54. The Hall–Kier alpha value is -4.34. The van der Waals surface area contributed by atoms with Crippen LogP contribution in [0.15, 0.2) is 49.2 Å². The van der Waals surface area contributed by atoms with Crippen LogP contribution in [0.1, 0.15) is 44.7 Å². The molecule has 1 fully saturated rings. The molecule has 3 aromatic heterocycles. The number of hydrogen-bond donors (Lipinski definition) is 2. The first-order chi connectivity index (χ1) is 18.4. The van der Waals surface area contributed by atoms with Crippen LogP contribution >= 0.6 is 0 Å². The van der Waals surface area contributed by atoms with E-state index >= 15 is 4.39 Å². The molecule has 39 heavy (non-hydrogen) atoms. The van der Waals surface area contributed by atoms with E-state index in [9.17, 15) is 9.59 Å². The topological polar surface area (TPSA) is 111 Å². The van der Waals surface area contributed by atoms with Gasteiger partial charge in [-0.1, -0.05) is 6.92 Å². The van der Waals surface area contributed by atoms with E-state index in [2.05, 4.69) is 25.7 Å². The van der Waals surface area contributed by atoms with Crippen molar-refractivity contribution in [1.29, 1.82) is 0 Å². The molecule has 0 spiro atoms. The lowest BCUT2D eigenvalue weighted by Crippen LogP contribution is -2.27. The number of ether oxygens (including phenoxy) is 1. The number of aryl methyl sites for hydroxylation is 2. The number of carbonyl (C=O) groups excluding carboxylic acids is 2. The quantitative estimate of drug-likeness (QED) is 0.337. The third-order valence-corrected chi connectivity index (χ3v) is 6.96. The Balaban J connectivity index is 1.50. The molecule has 5 rings (SSSR count). The van der Waals surface area contributed by atoms with Gasteiger partial charge in [0.1, 0.15) is 11.4 Å². The van der Waals surface area contributed by atoms with Crippen LogP contribution < -0.4 is 10.6 Å². The van der Waals surface area contributed by atoms with Crippen molar-refractivity contribution in [3.05, 3.63) is 66.1 Å². The van der Waals surface area contributed by atoms with E-state index in [0.717, 1.165) is 11.1 Å². The van der Waals surface area contributed by atoms with Crippen molar-refractivity contribution in [1.82, 2.24) is 19.7 Å². The second kappa shape index (κ2) is 9.76. The lowest BCUT2D eigenvalue weighted by molar-refractivity contribution is -0.117. The van der Waals surface area contributed by atoms with E-state index in [0.29, 0.717) is 22.2 Å². The largest absolute Gasteiger partial charge is 0.444 e. The summed E-state index contributed by atoms with van der Waals surface area (Å²) in [6.45, 7) is 9.08. The zero-order valence-electron chi connectivity index (χ0n) is 22.7. The van der Waals surface area contributed by atoms with Crippen LogP contribution in [0, 0.1) is 24.6 Å². The highest BCUT2D eigenvalue weighted by Gasteiger charge is 2.52. The van der Waals surface area contributed by atoms with Gasteiger partial charge in [0.05, 0.1) is 11.9 Å². The van der Waals surface area contributed by atoms with Crippen molar-refractivity contribution >= 4 is 34.3 Å². The molecule has 0 aliphatic heterocycles. The fourth-order valence-electron chi connectivity index (χ4n) is 5.01. The number of pyridine rings is 2. The molecule has 10 heteroatoms. The second-order valence-corrected chi connectivity index (χ2v) is 11.1. The zero-order valence-corrected chi connectivity index (χ0v) is 22.7. The normalized spacial score (nSPS) is 18.6. The van der Waals surface area contributed by atoms with Gasteiger partial charge in [-0.2, -0.15) is 5.10 Å². The summed E-state index contributed by atoms with van der Waals surface area (Å²) >= 11 is 0. The fourth-order valence-corrected chi connectivity index (χ4v) is 5.01. The Morgan fingerprint density at radius 2 is 1.87 bits per heavy atom. The van der Waals surface area contributed by atoms with E-state index in [1.165, 1.54) is 6.20 Å². The van der Waals surface area contributed by atoms with E-state index in [1.807, 2.05) is 27.1 Å². The van der Waals surface area contributed by atoms with Crippen molar-refractivity contribution in [3.63, 3.8) is 0 Å². The Kier molecular flexibility index (Phi) is 6.57. The van der Waals surface area contributed by atoms with Crippen LogP contribution in [0.2, 0.25) is 0 Å². The number of aromatic nitrogens is 4. The number of fused-ring (bicyclic) bond motifs is 1. The van der Waals surface area contributed by atoms with Gasteiger partial charge in [0.25, 0.3) is 0 Å². The summed E-state index contributed by atoms with van der Waals surface area (Å²) in [7, 11) is 1.85. The van der Waals surface area contributed by atoms with Crippen LogP contribution in [-0.4, -0.2) is 37.3 Å². The average molecular weight is 531 g/mol. The molecule has 9 nitrogen and oxygen atoms in total. The molecule has 2 amide bonds. The van der Waals surface area contributed by atoms with Gasteiger partial charge < -0.3 is 10.1 Å². The molecule has 3 heterocycles. The number of nitrogens with one attached hydrogen (secondary N) is 2. The Labute approximate surface area is 225 Å². The molecule has 1 aliphatic rings. The molecule has 1 unspecified atom stereocenters. The van der Waals surface area contributed by atoms with Gasteiger partial charge in [-0.3, -0.25) is 19.8 Å². The van der Waals surface area contributed by atoms with Gasteiger partial charge in [-0.15, -0.1) is 0 Å². The Bertz CT molecular complexity index is 1590. The molecule has 202 valence electrons. The number of carbonyl (C=O) groups is 2. The molecule has 1 aromatic carbocycles. The summed E-state index contributed by atoms with van der Waals surface area (Å²) in [5.74, 6) is -0.361. The lowest BCUT2D eigenvalue weighted by atomic mass is 9.98.